The van der Waals surface area contributed by atoms with Gasteiger partial charge in [-0.05, 0) is 73.2 Å². The molecule has 1 fully saturated rings. The molecule has 3 aliphatic rings. The molecule has 2 aromatic carbocycles. The Morgan fingerprint density at radius 1 is 1.04 bits per heavy atom. The van der Waals surface area contributed by atoms with Gasteiger partial charge in [0.1, 0.15) is 18.2 Å². The van der Waals surface area contributed by atoms with Crippen LogP contribution in [0.15, 0.2) is 30.3 Å². The minimum Gasteiger partial charge on any atom is -0.488 e. The van der Waals surface area contributed by atoms with Crippen LogP contribution in [0, 0.1) is 0 Å². The molecule has 5 heteroatoms. The molecule has 0 amide bonds. The van der Waals surface area contributed by atoms with E-state index in [4.69, 9.17) is 21.3 Å². The second-order valence-corrected chi connectivity index (χ2v) is 8.13. The van der Waals surface area contributed by atoms with Crippen molar-refractivity contribution in [2.75, 3.05) is 6.54 Å². The summed E-state index contributed by atoms with van der Waals surface area (Å²) < 4.78 is 6.08. The van der Waals surface area contributed by atoms with Crippen molar-refractivity contribution in [1.82, 2.24) is 15.3 Å². The van der Waals surface area contributed by atoms with Gasteiger partial charge in [0.15, 0.2) is 0 Å². The fourth-order valence-corrected chi connectivity index (χ4v) is 4.85. The largest absolute Gasteiger partial charge is 0.488 e. The molecule has 0 radical (unpaired) electrons. The number of hydrogen-bond donors (Lipinski definition) is 2. The van der Waals surface area contributed by atoms with Crippen molar-refractivity contribution in [3.63, 3.8) is 0 Å². The standard InChI is InChI=1S/C22H20ClN3O/c23-14-4-5-15-13(8-14)11-27-20-10-16-12(9-17(15)20)3-6-18-21(16)26-22(25-18)19-2-1-7-24-19/h4-5,8-10,19,24H,1-3,6-7,11H2,(H,25,26). The third kappa shape index (κ3) is 2.43. The van der Waals surface area contributed by atoms with Gasteiger partial charge in [-0.1, -0.05) is 17.7 Å². The van der Waals surface area contributed by atoms with Crippen LogP contribution < -0.4 is 10.1 Å². The first-order valence-corrected chi connectivity index (χ1v) is 10.0. The maximum absolute atomic E-state index is 6.16. The van der Waals surface area contributed by atoms with Crippen LogP contribution in [-0.4, -0.2) is 16.5 Å². The highest BCUT2D eigenvalue weighted by Crippen LogP contribution is 2.44. The lowest BCUT2D eigenvalue weighted by molar-refractivity contribution is 0.302. The summed E-state index contributed by atoms with van der Waals surface area (Å²) in [5, 5.41) is 4.30. The van der Waals surface area contributed by atoms with Gasteiger partial charge in [0, 0.05) is 21.8 Å². The number of aryl methyl sites for hydroxylation is 2. The number of aromatic nitrogens is 2. The van der Waals surface area contributed by atoms with Crippen molar-refractivity contribution >= 4 is 11.6 Å². The zero-order valence-electron chi connectivity index (χ0n) is 14.9. The second kappa shape index (κ2) is 5.85. The number of fused-ring (bicyclic) bond motifs is 6. The number of H-pyrrole nitrogens is 1. The van der Waals surface area contributed by atoms with Gasteiger partial charge in [0.2, 0.25) is 0 Å². The highest BCUT2D eigenvalue weighted by atomic mass is 35.5. The van der Waals surface area contributed by atoms with Crippen molar-refractivity contribution in [2.24, 2.45) is 0 Å². The Balaban J connectivity index is 1.47. The lowest BCUT2D eigenvalue weighted by Gasteiger charge is -2.24. The lowest BCUT2D eigenvalue weighted by atomic mass is 9.87. The SMILES string of the molecule is Clc1ccc2c(c1)COc1cc3c(cc1-2)CCc1[nH]c(C2CCCN2)nc1-3. The Labute approximate surface area is 162 Å². The Morgan fingerprint density at radius 3 is 2.89 bits per heavy atom. The normalized spacial score (nSPS) is 19.7. The molecule has 2 aliphatic heterocycles. The lowest BCUT2D eigenvalue weighted by Crippen LogP contribution is -2.14. The monoisotopic (exact) mass is 377 g/mol. The van der Waals surface area contributed by atoms with Crippen LogP contribution in [0.4, 0.5) is 0 Å². The van der Waals surface area contributed by atoms with Gasteiger partial charge in [-0.25, -0.2) is 4.98 Å². The van der Waals surface area contributed by atoms with Gasteiger partial charge >= 0.3 is 0 Å². The van der Waals surface area contributed by atoms with Crippen molar-refractivity contribution in [1.29, 1.82) is 0 Å². The van der Waals surface area contributed by atoms with E-state index >= 15 is 0 Å². The van der Waals surface area contributed by atoms with Crippen molar-refractivity contribution in [3.05, 3.63) is 58.0 Å². The molecule has 2 N–H and O–H groups in total. The predicted molar refractivity (Wildman–Crippen MR) is 106 cm³/mol. The Bertz CT molecular complexity index is 1070. The summed E-state index contributed by atoms with van der Waals surface area (Å²) in [7, 11) is 0. The van der Waals surface area contributed by atoms with E-state index in [9.17, 15) is 0 Å². The van der Waals surface area contributed by atoms with E-state index < -0.39 is 0 Å². The number of aromatic amines is 1. The molecule has 1 aliphatic carbocycles. The van der Waals surface area contributed by atoms with Crippen LogP contribution in [-0.2, 0) is 19.4 Å². The molecule has 4 nitrogen and oxygen atoms in total. The number of halogens is 1. The third-order valence-electron chi connectivity index (χ3n) is 6.03. The number of nitrogens with zero attached hydrogens (tertiary/aromatic N) is 1. The maximum atomic E-state index is 6.16. The van der Waals surface area contributed by atoms with Gasteiger partial charge in [0.25, 0.3) is 0 Å². The van der Waals surface area contributed by atoms with Crippen LogP contribution in [0.5, 0.6) is 5.75 Å². The number of nitrogens with one attached hydrogen (secondary N) is 2. The molecule has 136 valence electrons. The first kappa shape index (κ1) is 15.7. The summed E-state index contributed by atoms with van der Waals surface area (Å²) in [5.74, 6) is 2.03. The van der Waals surface area contributed by atoms with E-state index in [0.717, 1.165) is 53.7 Å². The molecule has 3 aromatic rings. The Morgan fingerprint density at radius 2 is 2.00 bits per heavy atom. The molecule has 1 unspecified atom stereocenters. The van der Waals surface area contributed by atoms with E-state index in [2.05, 4.69) is 28.5 Å². The zero-order chi connectivity index (χ0) is 18.0. The third-order valence-corrected chi connectivity index (χ3v) is 6.27. The second-order valence-electron chi connectivity index (χ2n) is 7.69. The molecule has 27 heavy (non-hydrogen) atoms. The van der Waals surface area contributed by atoms with Gasteiger partial charge in [-0.15, -0.1) is 0 Å². The van der Waals surface area contributed by atoms with Crippen molar-refractivity contribution < 1.29 is 4.74 Å². The van der Waals surface area contributed by atoms with Crippen LogP contribution in [0.3, 0.4) is 0 Å². The quantitative estimate of drug-likeness (QED) is 0.639. The van der Waals surface area contributed by atoms with E-state index in [1.54, 1.807) is 0 Å². The molecular weight excluding hydrogens is 358 g/mol. The van der Waals surface area contributed by atoms with Crippen molar-refractivity contribution in [3.8, 4) is 28.1 Å². The summed E-state index contributed by atoms with van der Waals surface area (Å²) in [6, 6.07) is 10.9. The number of rotatable bonds is 1. The zero-order valence-corrected chi connectivity index (χ0v) is 15.7. The molecule has 1 saturated heterocycles. The smallest absolute Gasteiger partial charge is 0.128 e. The van der Waals surface area contributed by atoms with Gasteiger partial charge in [-0.3, -0.25) is 0 Å². The molecule has 1 atom stereocenters. The number of benzene rings is 2. The predicted octanol–water partition coefficient (Wildman–Crippen LogP) is 4.81. The van der Waals surface area contributed by atoms with Crippen molar-refractivity contribution in [2.45, 2.75) is 38.3 Å². The number of imidazole rings is 1. The van der Waals surface area contributed by atoms with Gasteiger partial charge in [0.05, 0.1) is 11.7 Å². The minimum absolute atomic E-state index is 0.365. The van der Waals surface area contributed by atoms with E-state index in [1.165, 1.54) is 34.4 Å². The topological polar surface area (TPSA) is 49.9 Å². The van der Waals surface area contributed by atoms with Gasteiger partial charge < -0.3 is 15.0 Å². The van der Waals surface area contributed by atoms with E-state index in [-0.39, 0.29) is 0 Å². The summed E-state index contributed by atoms with van der Waals surface area (Å²) in [6.07, 6.45) is 4.41. The average Bonchev–Trinajstić information content (AvgIpc) is 3.35. The summed E-state index contributed by atoms with van der Waals surface area (Å²) >= 11 is 6.16. The van der Waals surface area contributed by atoms with E-state index in [1.807, 2.05) is 12.1 Å². The summed E-state index contributed by atoms with van der Waals surface area (Å²) in [4.78, 5) is 8.58. The number of hydrogen-bond acceptors (Lipinski definition) is 3. The van der Waals surface area contributed by atoms with Gasteiger partial charge in [-0.2, -0.15) is 0 Å². The number of ether oxygens (including phenoxy) is 1. The average molecular weight is 378 g/mol. The molecule has 6 rings (SSSR count). The fraction of sp³-hybridized carbons (Fsp3) is 0.318. The first-order valence-electron chi connectivity index (χ1n) is 9.67. The highest BCUT2D eigenvalue weighted by Gasteiger charge is 2.28. The Kier molecular flexibility index (Phi) is 3.41. The molecule has 1 aromatic heterocycles. The molecule has 0 saturated carbocycles. The van der Waals surface area contributed by atoms with Crippen LogP contribution in [0.25, 0.3) is 22.4 Å². The fourth-order valence-electron chi connectivity index (χ4n) is 4.66. The molecular formula is C22H20ClN3O. The Hall–Kier alpha value is -2.30. The van der Waals surface area contributed by atoms with E-state index in [0.29, 0.717) is 12.6 Å². The van der Waals surface area contributed by atoms with Crippen LogP contribution in [0.1, 0.15) is 41.5 Å². The molecule has 0 spiro atoms. The van der Waals surface area contributed by atoms with Crippen LogP contribution >= 0.6 is 11.6 Å². The molecule has 3 heterocycles. The molecule has 0 bridgehead atoms. The summed E-state index contributed by atoms with van der Waals surface area (Å²) in [6.45, 7) is 1.64. The summed E-state index contributed by atoms with van der Waals surface area (Å²) in [5.41, 5.74) is 8.48. The maximum Gasteiger partial charge on any atom is 0.128 e. The first-order chi connectivity index (χ1) is 13.3. The van der Waals surface area contributed by atoms with Crippen LogP contribution in [0.2, 0.25) is 5.02 Å². The highest BCUT2D eigenvalue weighted by molar-refractivity contribution is 6.30. The minimum atomic E-state index is 0.365.